The second-order valence-corrected chi connectivity index (χ2v) is 4.09. The molecule has 0 saturated carbocycles. The molecule has 0 aliphatic carbocycles. The van der Waals surface area contributed by atoms with Gasteiger partial charge in [0.05, 0.1) is 24.9 Å². The number of aryl methyl sites for hydroxylation is 1. The van der Waals surface area contributed by atoms with Gasteiger partial charge in [0, 0.05) is 11.6 Å². The lowest BCUT2D eigenvalue weighted by Gasteiger charge is -1.97. The summed E-state index contributed by atoms with van der Waals surface area (Å²) in [5, 5.41) is 8.80. The largest absolute Gasteiger partial charge is 0.403 e. The Labute approximate surface area is 104 Å². The van der Waals surface area contributed by atoms with Crippen molar-refractivity contribution in [1.29, 1.82) is 5.26 Å². The van der Waals surface area contributed by atoms with Crippen LogP contribution >= 0.6 is 0 Å². The van der Waals surface area contributed by atoms with Crippen molar-refractivity contribution < 1.29 is 4.40 Å². The molecule has 1 aromatic carbocycles. The third-order valence-electron chi connectivity index (χ3n) is 2.99. The number of fused-ring (bicyclic) bond motifs is 1. The van der Waals surface area contributed by atoms with Crippen LogP contribution in [-0.2, 0) is 7.05 Å². The monoisotopic (exact) mass is 235 g/mol. The summed E-state index contributed by atoms with van der Waals surface area (Å²) in [6, 6.07) is 11.6. The van der Waals surface area contributed by atoms with Crippen LogP contribution in [-0.4, -0.2) is 9.55 Å². The number of hydrogen-bond acceptors (Lipinski definition) is 2. The van der Waals surface area contributed by atoms with E-state index in [4.69, 9.17) is 5.26 Å². The van der Waals surface area contributed by atoms with Gasteiger partial charge in [-0.1, -0.05) is 17.1 Å². The van der Waals surface area contributed by atoms with E-state index < -0.39 is 0 Å². The van der Waals surface area contributed by atoms with Crippen molar-refractivity contribution in [1.82, 2.24) is 9.55 Å². The Morgan fingerprint density at radius 1 is 1.28 bits per heavy atom. The first-order valence-corrected chi connectivity index (χ1v) is 5.62. The van der Waals surface area contributed by atoms with Gasteiger partial charge in [-0.15, -0.1) is 0 Å². The second kappa shape index (κ2) is 3.97. The number of aromatic nitrogens is 3. The second-order valence-electron chi connectivity index (χ2n) is 4.09. The van der Waals surface area contributed by atoms with Crippen LogP contribution in [0.4, 0.5) is 0 Å². The summed E-state index contributed by atoms with van der Waals surface area (Å²) in [4.78, 5) is 4.33. The summed E-state index contributed by atoms with van der Waals surface area (Å²) in [6.45, 7) is 0. The lowest BCUT2D eigenvalue weighted by atomic mass is 10.1. The lowest BCUT2D eigenvalue weighted by molar-refractivity contribution is -0.513. The normalized spacial score (nSPS) is 10.4. The van der Waals surface area contributed by atoms with Crippen molar-refractivity contribution in [2.75, 3.05) is 0 Å². The van der Waals surface area contributed by atoms with Crippen LogP contribution < -0.4 is 4.40 Å². The average Bonchev–Trinajstić information content (AvgIpc) is 2.77. The molecule has 0 saturated heterocycles. The molecule has 0 radical (unpaired) electrons. The van der Waals surface area contributed by atoms with Gasteiger partial charge < -0.3 is 0 Å². The Balaban J connectivity index is 2.19. The van der Waals surface area contributed by atoms with Gasteiger partial charge in [0.25, 0.3) is 0 Å². The van der Waals surface area contributed by atoms with Gasteiger partial charge in [0.2, 0.25) is 0 Å². The molecule has 2 aromatic heterocycles. The first-order valence-electron chi connectivity index (χ1n) is 5.62. The summed E-state index contributed by atoms with van der Waals surface area (Å²) in [6.07, 6.45) is 5.77. The Morgan fingerprint density at radius 2 is 2.06 bits per heavy atom. The van der Waals surface area contributed by atoms with E-state index in [2.05, 4.69) is 11.1 Å². The Morgan fingerprint density at radius 3 is 2.72 bits per heavy atom. The number of imidazole rings is 1. The van der Waals surface area contributed by atoms with E-state index in [1.165, 1.54) is 0 Å². The maximum absolute atomic E-state index is 8.80. The molecule has 0 atom stereocenters. The Hall–Kier alpha value is -2.67. The van der Waals surface area contributed by atoms with Crippen LogP contribution in [0.2, 0.25) is 0 Å². The average molecular weight is 235 g/mol. The topological polar surface area (TPSA) is 45.7 Å². The van der Waals surface area contributed by atoms with Gasteiger partial charge >= 0.3 is 5.78 Å². The molecule has 0 N–H and O–H groups in total. The van der Waals surface area contributed by atoms with Crippen molar-refractivity contribution in [2.45, 2.75) is 0 Å². The van der Waals surface area contributed by atoms with Gasteiger partial charge in [0.1, 0.15) is 18.1 Å². The van der Waals surface area contributed by atoms with Gasteiger partial charge in [-0.05, 0) is 12.1 Å². The maximum atomic E-state index is 8.80. The first-order chi connectivity index (χ1) is 8.79. The zero-order valence-corrected chi connectivity index (χ0v) is 9.91. The van der Waals surface area contributed by atoms with Crippen molar-refractivity contribution in [3.05, 3.63) is 54.5 Å². The fourth-order valence-corrected chi connectivity index (χ4v) is 2.04. The van der Waals surface area contributed by atoms with E-state index in [-0.39, 0.29) is 0 Å². The molecule has 0 unspecified atom stereocenters. The summed E-state index contributed by atoms with van der Waals surface area (Å²) in [5.74, 6) is 0.886. The molecule has 0 aliphatic heterocycles. The first kappa shape index (κ1) is 10.5. The SMILES string of the molecule is Cn1c(-c2ccc(C#N)cc2)c[n+]2cccnc12. The Bertz CT molecular complexity index is 748. The van der Waals surface area contributed by atoms with Gasteiger partial charge in [-0.3, -0.25) is 0 Å². The number of nitrogens with zero attached hydrogens (tertiary/aromatic N) is 4. The van der Waals surface area contributed by atoms with Crippen LogP contribution in [0.15, 0.2) is 48.9 Å². The fraction of sp³-hybridized carbons (Fsp3) is 0.0714. The maximum Gasteiger partial charge on any atom is 0.403 e. The molecule has 86 valence electrons. The van der Waals surface area contributed by atoms with Crippen molar-refractivity contribution in [3.8, 4) is 17.3 Å². The molecule has 3 aromatic rings. The highest BCUT2D eigenvalue weighted by atomic mass is 15.2. The smallest absolute Gasteiger partial charge is 0.227 e. The predicted molar refractivity (Wildman–Crippen MR) is 66.5 cm³/mol. The third kappa shape index (κ3) is 1.54. The molecule has 0 bridgehead atoms. The van der Waals surface area contributed by atoms with Crippen LogP contribution in [0.1, 0.15) is 5.56 Å². The van der Waals surface area contributed by atoms with Gasteiger partial charge in [-0.25, -0.2) is 8.97 Å². The standard InChI is InChI=1S/C14H11N4/c1-17-13(10-18-8-2-7-16-14(17)18)12-5-3-11(9-15)4-6-12/h2-8,10H,1H3/q+1. The minimum Gasteiger partial charge on any atom is -0.227 e. The summed E-state index contributed by atoms with van der Waals surface area (Å²) >= 11 is 0. The summed E-state index contributed by atoms with van der Waals surface area (Å²) in [5.41, 5.74) is 2.81. The fourth-order valence-electron chi connectivity index (χ4n) is 2.04. The zero-order chi connectivity index (χ0) is 12.5. The molecule has 0 spiro atoms. The highest BCUT2D eigenvalue weighted by Crippen LogP contribution is 2.19. The summed E-state index contributed by atoms with van der Waals surface area (Å²) in [7, 11) is 1.98. The molecule has 0 amide bonds. The van der Waals surface area contributed by atoms with E-state index in [0.29, 0.717) is 5.56 Å². The number of benzene rings is 1. The van der Waals surface area contributed by atoms with Crippen molar-refractivity contribution in [2.24, 2.45) is 7.05 Å². The van der Waals surface area contributed by atoms with Crippen molar-refractivity contribution >= 4 is 5.78 Å². The number of nitriles is 1. The quantitative estimate of drug-likeness (QED) is 0.603. The van der Waals surface area contributed by atoms with Crippen LogP contribution in [0.5, 0.6) is 0 Å². The zero-order valence-electron chi connectivity index (χ0n) is 9.91. The number of rotatable bonds is 1. The molecule has 0 fully saturated rings. The van der Waals surface area contributed by atoms with Crippen LogP contribution in [0, 0.1) is 11.3 Å². The molecule has 4 nitrogen and oxygen atoms in total. The Kier molecular flexibility index (Phi) is 2.31. The molecule has 3 rings (SSSR count). The van der Waals surface area contributed by atoms with E-state index in [1.54, 1.807) is 6.20 Å². The van der Waals surface area contributed by atoms with Crippen molar-refractivity contribution in [3.63, 3.8) is 0 Å². The number of hydrogen-bond donors (Lipinski definition) is 0. The van der Waals surface area contributed by atoms with Gasteiger partial charge in [0.15, 0.2) is 0 Å². The summed E-state index contributed by atoms with van der Waals surface area (Å²) < 4.78 is 4.01. The minimum atomic E-state index is 0.670. The molecular weight excluding hydrogens is 224 g/mol. The lowest BCUT2D eigenvalue weighted by Crippen LogP contribution is -2.19. The third-order valence-corrected chi connectivity index (χ3v) is 2.99. The van der Waals surface area contributed by atoms with E-state index in [0.717, 1.165) is 17.0 Å². The highest BCUT2D eigenvalue weighted by molar-refractivity contribution is 5.61. The molecule has 0 aliphatic rings. The molecular formula is C14H11N4+. The minimum absolute atomic E-state index is 0.670. The van der Waals surface area contributed by atoms with E-state index in [1.807, 2.05) is 58.7 Å². The predicted octanol–water partition coefficient (Wildman–Crippen LogP) is 1.70. The van der Waals surface area contributed by atoms with Crippen LogP contribution in [0.3, 0.4) is 0 Å². The van der Waals surface area contributed by atoms with Crippen LogP contribution in [0.25, 0.3) is 17.0 Å². The van der Waals surface area contributed by atoms with Gasteiger partial charge in [-0.2, -0.15) is 5.26 Å². The highest BCUT2D eigenvalue weighted by Gasteiger charge is 2.15. The molecule has 4 heteroatoms. The molecule has 2 heterocycles. The molecule has 18 heavy (non-hydrogen) atoms. The van der Waals surface area contributed by atoms with E-state index >= 15 is 0 Å². The van der Waals surface area contributed by atoms with E-state index in [9.17, 15) is 0 Å².